The van der Waals surface area contributed by atoms with Crippen molar-refractivity contribution in [3.63, 3.8) is 0 Å². The highest BCUT2D eigenvalue weighted by Crippen LogP contribution is 2.21. The molecule has 0 unspecified atom stereocenters. The van der Waals surface area contributed by atoms with Crippen molar-refractivity contribution in [3.05, 3.63) is 69.0 Å². The monoisotopic (exact) mass is 366 g/mol. The first-order chi connectivity index (χ1) is 12.7. The van der Waals surface area contributed by atoms with E-state index in [0.29, 0.717) is 16.0 Å². The fourth-order valence-electron chi connectivity index (χ4n) is 3.02. The summed E-state index contributed by atoms with van der Waals surface area (Å²) in [6.45, 7) is 3.21. The Morgan fingerprint density at radius 2 is 1.77 bits per heavy atom. The number of nitrogens with zero attached hydrogens (tertiary/aromatic N) is 1. The maximum absolute atomic E-state index is 12.5. The van der Waals surface area contributed by atoms with Crippen molar-refractivity contribution >= 4 is 39.4 Å². The van der Waals surface area contributed by atoms with Gasteiger partial charge in [0.25, 0.3) is 5.91 Å². The molecule has 1 aliphatic rings. The van der Waals surface area contributed by atoms with Gasteiger partial charge in [0.15, 0.2) is 0 Å². The van der Waals surface area contributed by atoms with Crippen molar-refractivity contribution in [1.29, 1.82) is 0 Å². The molecule has 1 amide bonds. The molecule has 6 heteroatoms. The second-order valence-electron chi connectivity index (χ2n) is 6.09. The first-order valence-corrected chi connectivity index (χ1v) is 9.29. The number of hydrogen-bond donors (Lipinski definition) is 1. The van der Waals surface area contributed by atoms with Crippen LogP contribution in [0, 0.1) is 0 Å². The van der Waals surface area contributed by atoms with Crippen LogP contribution in [0.2, 0.25) is 0 Å². The molecule has 1 N–H and O–H groups in total. The summed E-state index contributed by atoms with van der Waals surface area (Å²) in [5.74, 6) is -0.267. The highest BCUT2D eigenvalue weighted by atomic mass is 32.1. The van der Waals surface area contributed by atoms with Crippen molar-refractivity contribution < 1.29 is 9.53 Å². The van der Waals surface area contributed by atoms with Crippen LogP contribution < -0.4 is 15.0 Å². The number of morpholine rings is 1. The number of ether oxygens (including phenoxy) is 1. The molecule has 1 aliphatic heterocycles. The van der Waals surface area contributed by atoms with E-state index in [1.54, 1.807) is 12.1 Å². The Bertz CT molecular complexity index is 992. The van der Waals surface area contributed by atoms with E-state index in [2.05, 4.69) is 10.2 Å². The second kappa shape index (κ2) is 7.27. The lowest BCUT2D eigenvalue weighted by atomic mass is 10.2. The Kier molecular flexibility index (Phi) is 4.69. The number of amides is 1. The predicted octanol–water partition coefficient (Wildman–Crippen LogP) is 3.35. The topological polar surface area (TPSA) is 58.6 Å². The van der Waals surface area contributed by atoms with E-state index in [9.17, 15) is 9.59 Å². The summed E-state index contributed by atoms with van der Waals surface area (Å²) in [5.41, 5.74) is 1.82. The van der Waals surface area contributed by atoms with Crippen LogP contribution in [0.4, 0.5) is 11.4 Å². The number of nitrogens with one attached hydrogen (secondary N) is 1. The molecule has 2 heterocycles. The van der Waals surface area contributed by atoms with Gasteiger partial charge in [0.2, 0.25) is 4.74 Å². The summed E-state index contributed by atoms with van der Waals surface area (Å²) in [4.78, 5) is 27.4. The number of benzene rings is 2. The zero-order chi connectivity index (χ0) is 17.9. The quantitative estimate of drug-likeness (QED) is 0.772. The van der Waals surface area contributed by atoms with Crippen LogP contribution >= 0.6 is 11.3 Å². The van der Waals surface area contributed by atoms with Crippen LogP contribution in [0.15, 0.2) is 59.4 Å². The molecular weight excluding hydrogens is 348 g/mol. The lowest BCUT2D eigenvalue weighted by Crippen LogP contribution is -2.36. The van der Waals surface area contributed by atoms with E-state index >= 15 is 0 Å². The molecule has 1 fully saturated rings. The maximum atomic E-state index is 12.5. The van der Waals surface area contributed by atoms with Crippen molar-refractivity contribution in [2.75, 3.05) is 36.5 Å². The molecule has 4 rings (SSSR count). The molecular formula is C20H18N2O3S. The standard InChI is InChI=1S/C20H18N2O3S/c23-19(18-13-14-3-1-2-4-17(14)20(24)26-18)21-15-5-7-16(8-6-15)22-9-11-25-12-10-22/h1-8,13H,9-12H2,(H,21,23). The third-order valence-corrected chi connectivity index (χ3v) is 5.32. The van der Waals surface area contributed by atoms with Gasteiger partial charge in [-0.15, -0.1) is 0 Å². The summed E-state index contributed by atoms with van der Waals surface area (Å²) in [5, 5.41) is 4.29. The van der Waals surface area contributed by atoms with Crippen molar-refractivity contribution in [1.82, 2.24) is 0 Å². The molecule has 5 nitrogen and oxygen atoms in total. The Labute approximate surface area is 154 Å². The molecule has 2 aromatic carbocycles. The van der Waals surface area contributed by atoms with Gasteiger partial charge in [0.1, 0.15) is 0 Å². The van der Waals surface area contributed by atoms with E-state index in [1.807, 2.05) is 42.5 Å². The first-order valence-electron chi connectivity index (χ1n) is 8.48. The molecule has 26 heavy (non-hydrogen) atoms. The molecule has 0 spiro atoms. The maximum Gasteiger partial charge on any atom is 0.265 e. The van der Waals surface area contributed by atoms with Gasteiger partial charge in [-0.25, -0.2) is 0 Å². The van der Waals surface area contributed by atoms with Gasteiger partial charge in [-0.05, 0) is 41.8 Å². The predicted molar refractivity (Wildman–Crippen MR) is 106 cm³/mol. The summed E-state index contributed by atoms with van der Waals surface area (Å²) < 4.78 is 5.26. The average molecular weight is 366 g/mol. The number of fused-ring (bicyclic) bond motifs is 1. The van der Waals surface area contributed by atoms with Crippen molar-refractivity contribution in [2.24, 2.45) is 0 Å². The molecule has 0 bridgehead atoms. The number of anilines is 2. The lowest BCUT2D eigenvalue weighted by Gasteiger charge is -2.28. The molecule has 132 valence electrons. The minimum atomic E-state index is -0.267. The van der Waals surface area contributed by atoms with E-state index < -0.39 is 0 Å². The van der Waals surface area contributed by atoms with Crippen LogP contribution in [0.25, 0.3) is 10.8 Å². The Morgan fingerprint density at radius 3 is 2.54 bits per heavy atom. The third-order valence-electron chi connectivity index (χ3n) is 4.40. The van der Waals surface area contributed by atoms with Crippen LogP contribution in [0.3, 0.4) is 0 Å². The molecule has 1 aromatic heterocycles. The minimum Gasteiger partial charge on any atom is -0.378 e. The van der Waals surface area contributed by atoms with Gasteiger partial charge in [-0.3, -0.25) is 9.59 Å². The zero-order valence-electron chi connectivity index (χ0n) is 14.1. The summed E-state index contributed by atoms with van der Waals surface area (Å²) in [6.07, 6.45) is 0. The van der Waals surface area contributed by atoms with Crippen LogP contribution in [-0.2, 0) is 4.74 Å². The van der Waals surface area contributed by atoms with Gasteiger partial charge < -0.3 is 15.0 Å². The van der Waals surface area contributed by atoms with Gasteiger partial charge in [-0.2, -0.15) is 0 Å². The highest BCUT2D eigenvalue weighted by Gasteiger charge is 2.13. The van der Waals surface area contributed by atoms with Crippen LogP contribution in [-0.4, -0.2) is 32.2 Å². The second-order valence-corrected chi connectivity index (χ2v) is 7.10. The Balaban J connectivity index is 1.52. The normalized spacial score (nSPS) is 14.4. The number of rotatable bonds is 3. The highest BCUT2D eigenvalue weighted by molar-refractivity contribution is 7.12. The van der Waals surface area contributed by atoms with Gasteiger partial charge in [-0.1, -0.05) is 29.5 Å². The lowest BCUT2D eigenvalue weighted by molar-refractivity contribution is 0.103. The Morgan fingerprint density at radius 1 is 1.04 bits per heavy atom. The van der Waals surface area contributed by atoms with Crippen LogP contribution in [0.1, 0.15) is 9.67 Å². The van der Waals surface area contributed by atoms with E-state index in [1.165, 1.54) is 0 Å². The summed E-state index contributed by atoms with van der Waals surface area (Å²) >= 11 is 0.970. The van der Waals surface area contributed by atoms with E-state index in [4.69, 9.17) is 4.74 Å². The molecule has 0 saturated carbocycles. The average Bonchev–Trinajstić information content (AvgIpc) is 2.69. The molecule has 1 saturated heterocycles. The fraction of sp³-hybridized carbons (Fsp3) is 0.200. The number of carbonyl (C=O) groups is 1. The van der Waals surface area contributed by atoms with Crippen LogP contribution in [0.5, 0.6) is 0 Å². The van der Waals surface area contributed by atoms with Crippen molar-refractivity contribution in [3.8, 4) is 0 Å². The van der Waals surface area contributed by atoms with E-state index in [-0.39, 0.29) is 10.6 Å². The molecule has 3 aromatic rings. The number of hydrogen-bond acceptors (Lipinski definition) is 5. The van der Waals surface area contributed by atoms with Crippen molar-refractivity contribution in [2.45, 2.75) is 0 Å². The zero-order valence-corrected chi connectivity index (χ0v) is 14.9. The number of carbonyl (C=O) groups excluding carboxylic acids is 1. The van der Waals surface area contributed by atoms with Gasteiger partial charge >= 0.3 is 0 Å². The summed E-state index contributed by atoms with van der Waals surface area (Å²) in [6, 6.07) is 16.8. The Hall–Kier alpha value is -2.70. The first kappa shape index (κ1) is 16.8. The smallest absolute Gasteiger partial charge is 0.265 e. The minimum absolute atomic E-state index is 0.101. The van der Waals surface area contributed by atoms with Gasteiger partial charge in [0.05, 0.1) is 18.1 Å². The fourth-order valence-corrected chi connectivity index (χ4v) is 3.84. The third kappa shape index (κ3) is 3.47. The largest absolute Gasteiger partial charge is 0.378 e. The molecule has 0 atom stereocenters. The molecule has 0 radical (unpaired) electrons. The van der Waals surface area contributed by atoms with Gasteiger partial charge in [0, 0.05) is 29.9 Å². The molecule has 0 aliphatic carbocycles. The van der Waals surface area contributed by atoms with E-state index in [0.717, 1.165) is 48.7 Å². The summed E-state index contributed by atoms with van der Waals surface area (Å²) in [7, 11) is 0. The SMILES string of the molecule is O=C(Nc1ccc(N2CCOCC2)cc1)c1cc2ccccc2c(=O)s1.